The Morgan fingerprint density at radius 2 is 1.77 bits per heavy atom. The van der Waals surface area contributed by atoms with E-state index in [9.17, 15) is 4.79 Å². The van der Waals surface area contributed by atoms with E-state index in [4.69, 9.17) is 5.11 Å². The highest BCUT2D eigenvalue weighted by Gasteiger charge is 2.09. The molecule has 6 heteroatoms. The number of amides is 1. The molecule has 0 aliphatic heterocycles. The summed E-state index contributed by atoms with van der Waals surface area (Å²) in [7, 11) is 0. The summed E-state index contributed by atoms with van der Waals surface area (Å²) in [5.41, 5.74) is 2.43. The van der Waals surface area contributed by atoms with Crippen LogP contribution in [0, 0.1) is 0 Å². The van der Waals surface area contributed by atoms with E-state index in [-0.39, 0.29) is 5.95 Å². The first-order valence-electron chi connectivity index (χ1n) is 7.15. The summed E-state index contributed by atoms with van der Waals surface area (Å²) in [6.45, 7) is 0. The van der Waals surface area contributed by atoms with Gasteiger partial charge in [-0.05, 0) is 12.1 Å². The van der Waals surface area contributed by atoms with Gasteiger partial charge in [0.25, 0.3) is 5.95 Å². The highest BCUT2D eigenvalue weighted by Crippen LogP contribution is 2.20. The van der Waals surface area contributed by atoms with Gasteiger partial charge in [0.15, 0.2) is 5.65 Å². The lowest BCUT2D eigenvalue weighted by atomic mass is 10.1. The van der Waals surface area contributed by atoms with Crippen LogP contribution in [0.5, 0.6) is 0 Å². The average Bonchev–Trinajstić information content (AvgIpc) is 3.34. The van der Waals surface area contributed by atoms with E-state index in [0.717, 1.165) is 11.3 Å². The zero-order valence-corrected chi connectivity index (χ0v) is 11.9. The third-order valence-electron chi connectivity index (χ3n) is 3.00. The second-order valence-corrected chi connectivity index (χ2v) is 4.97. The molecule has 1 fully saturated rings. The van der Waals surface area contributed by atoms with Crippen LogP contribution >= 0.6 is 0 Å². The molecule has 1 aliphatic carbocycles. The Balaban J connectivity index is 0.000000429. The van der Waals surface area contributed by atoms with Crippen molar-refractivity contribution in [3.8, 4) is 11.3 Å². The quantitative estimate of drug-likeness (QED) is 0.756. The third-order valence-corrected chi connectivity index (χ3v) is 3.00. The summed E-state index contributed by atoms with van der Waals surface area (Å²) in [4.78, 5) is 14.7. The van der Waals surface area contributed by atoms with Gasteiger partial charge in [-0.1, -0.05) is 55.7 Å². The minimum Gasteiger partial charge on any atom is -0.465 e. The molecular formula is C16H16N4O2. The lowest BCUT2D eigenvalue weighted by molar-refractivity contribution is 0.209. The number of nitrogens with one attached hydrogen (secondary N) is 1. The van der Waals surface area contributed by atoms with Crippen molar-refractivity contribution in [2.75, 3.05) is 5.32 Å². The maximum absolute atomic E-state index is 10.6. The maximum atomic E-state index is 10.6. The highest BCUT2D eigenvalue weighted by molar-refractivity contribution is 5.80. The van der Waals surface area contributed by atoms with Crippen LogP contribution in [0.2, 0.25) is 0 Å². The standard InChI is InChI=1S/C13H10N4O2.C3H6/c18-13(19)15-12-14-11-8-4-7-10(17(11)16-12)9-5-2-1-3-6-9;1-2-3-1/h1-8H,(H,15,16)(H,18,19);1-3H2. The zero-order valence-electron chi connectivity index (χ0n) is 11.9. The molecule has 1 saturated carbocycles. The Morgan fingerprint density at radius 1 is 1.05 bits per heavy atom. The van der Waals surface area contributed by atoms with Gasteiger partial charge in [0.05, 0.1) is 5.69 Å². The molecule has 6 nitrogen and oxygen atoms in total. The molecule has 2 aromatic heterocycles. The zero-order chi connectivity index (χ0) is 15.4. The molecule has 2 heterocycles. The summed E-state index contributed by atoms with van der Waals surface area (Å²) in [5.74, 6) is 0.0656. The number of carbonyl (C=O) groups is 1. The van der Waals surface area contributed by atoms with Crippen molar-refractivity contribution in [2.45, 2.75) is 19.3 Å². The van der Waals surface area contributed by atoms with Crippen LogP contribution in [0.15, 0.2) is 48.5 Å². The Labute approximate surface area is 127 Å². The van der Waals surface area contributed by atoms with Crippen molar-refractivity contribution in [3.05, 3.63) is 48.5 Å². The van der Waals surface area contributed by atoms with E-state index in [1.807, 2.05) is 42.5 Å². The minimum absolute atomic E-state index is 0.0656. The van der Waals surface area contributed by atoms with Crippen LogP contribution in [0.3, 0.4) is 0 Å². The van der Waals surface area contributed by atoms with Gasteiger partial charge in [-0.3, -0.25) is 5.32 Å². The number of anilines is 1. The van der Waals surface area contributed by atoms with E-state index < -0.39 is 6.09 Å². The smallest absolute Gasteiger partial charge is 0.411 e. The SMILES string of the molecule is C1CC1.O=C(O)Nc1nc2cccc(-c3ccccc3)n2n1. The first kappa shape index (κ1) is 14.1. The summed E-state index contributed by atoms with van der Waals surface area (Å²) >= 11 is 0. The van der Waals surface area contributed by atoms with Crippen LogP contribution in [-0.2, 0) is 0 Å². The number of pyridine rings is 1. The molecular weight excluding hydrogens is 280 g/mol. The molecule has 1 aromatic carbocycles. The normalized spacial score (nSPS) is 12.4. The number of hydrogen-bond donors (Lipinski definition) is 2. The van der Waals surface area contributed by atoms with Crippen molar-refractivity contribution in [3.63, 3.8) is 0 Å². The molecule has 4 rings (SSSR count). The van der Waals surface area contributed by atoms with E-state index >= 15 is 0 Å². The van der Waals surface area contributed by atoms with E-state index in [0.29, 0.717) is 5.65 Å². The molecule has 0 spiro atoms. The molecule has 3 aromatic rings. The van der Waals surface area contributed by atoms with Crippen LogP contribution in [-0.4, -0.2) is 25.8 Å². The molecule has 112 valence electrons. The van der Waals surface area contributed by atoms with Gasteiger partial charge in [-0.25, -0.2) is 9.31 Å². The van der Waals surface area contributed by atoms with Gasteiger partial charge in [-0.15, -0.1) is 5.10 Å². The van der Waals surface area contributed by atoms with Gasteiger partial charge in [0.2, 0.25) is 0 Å². The number of hydrogen-bond acceptors (Lipinski definition) is 3. The van der Waals surface area contributed by atoms with Gasteiger partial charge >= 0.3 is 6.09 Å². The lowest BCUT2D eigenvalue weighted by Crippen LogP contribution is -2.08. The molecule has 0 bridgehead atoms. The van der Waals surface area contributed by atoms with Gasteiger partial charge in [-0.2, -0.15) is 4.98 Å². The summed E-state index contributed by atoms with van der Waals surface area (Å²) in [6, 6.07) is 15.2. The number of rotatable bonds is 2. The van der Waals surface area contributed by atoms with E-state index in [1.54, 1.807) is 10.6 Å². The Morgan fingerprint density at radius 3 is 2.41 bits per heavy atom. The molecule has 0 atom stereocenters. The Kier molecular flexibility index (Phi) is 4.00. The molecule has 0 saturated heterocycles. The molecule has 1 amide bonds. The van der Waals surface area contributed by atoms with Crippen LogP contribution in [0.25, 0.3) is 16.9 Å². The van der Waals surface area contributed by atoms with Gasteiger partial charge in [0.1, 0.15) is 0 Å². The lowest BCUT2D eigenvalue weighted by Gasteiger charge is -2.03. The van der Waals surface area contributed by atoms with Crippen LogP contribution in [0.1, 0.15) is 19.3 Å². The van der Waals surface area contributed by atoms with Crippen molar-refractivity contribution in [1.29, 1.82) is 0 Å². The van der Waals surface area contributed by atoms with Gasteiger partial charge in [0, 0.05) is 5.56 Å². The Hall–Kier alpha value is -2.89. The molecule has 1 aliphatic rings. The largest absolute Gasteiger partial charge is 0.465 e. The monoisotopic (exact) mass is 296 g/mol. The molecule has 22 heavy (non-hydrogen) atoms. The third kappa shape index (κ3) is 3.41. The number of carboxylic acid groups (broad SMARTS) is 1. The fourth-order valence-corrected chi connectivity index (χ4v) is 1.88. The van der Waals surface area contributed by atoms with E-state index in [1.165, 1.54) is 19.3 Å². The second-order valence-electron chi connectivity index (χ2n) is 4.97. The van der Waals surface area contributed by atoms with Gasteiger partial charge < -0.3 is 5.11 Å². The average molecular weight is 296 g/mol. The number of aromatic nitrogens is 3. The van der Waals surface area contributed by atoms with Crippen LogP contribution < -0.4 is 5.32 Å². The Bertz CT molecular complexity index is 778. The molecule has 0 radical (unpaired) electrons. The minimum atomic E-state index is -1.18. The summed E-state index contributed by atoms with van der Waals surface area (Å²) in [6.07, 6.45) is 3.32. The summed E-state index contributed by atoms with van der Waals surface area (Å²) < 4.78 is 1.61. The first-order chi connectivity index (χ1) is 10.7. The van der Waals surface area contributed by atoms with E-state index in [2.05, 4.69) is 15.4 Å². The maximum Gasteiger partial charge on any atom is 0.411 e. The number of fused-ring (bicyclic) bond motifs is 1. The van der Waals surface area contributed by atoms with Crippen molar-refractivity contribution in [2.24, 2.45) is 0 Å². The van der Waals surface area contributed by atoms with Crippen molar-refractivity contribution < 1.29 is 9.90 Å². The second kappa shape index (κ2) is 6.26. The fraction of sp³-hybridized carbons (Fsp3) is 0.188. The topological polar surface area (TPSA) is 79.5 Å². The summed E-state index contributed by atoms with van der Waals surface area (Å²) in [5, 5.41) is 15.0. The fourth-order valence-electron chi connectivity index (χ4n) is 1.88. The van der Waals surface area contributed by atoms with Crippen molar-refractivity contribution in [1.82, 2.24) is 14.6 Å². The number of nitrogens with zero attached hydrogens (tertiary/aromatic N) is 3. The first-order valence-corrected chi connectivity index (χ1v) is 7.15. The molecule has 0 unspecified atom stereocenters. The van der Waals surface area contributed by atoms with Crippen LogP contribution in [0.4, 0.5) is 10.7 Å². The number of benzene rings is 1. The predicted octanol–water partition coefficient (Wildman–Crippen LogP) is 3.66. The predicted molar refractivity (Wildman–Crippen MR) is 83.9 cm³/mol. The highest BCUT2D eigenvalue weighted by atomic mass is 16.4. The molecule has 2 N–H and O–H groups in total. The van der Waals surface area contributed by atoms with Crippen molar-refractivity contribution >= 4 is 17.7 Å².